The Morgan fingerprint density at radius 3 is 2.06 bits per heavy atom. The lowest BCUT2D eigenvalue weighted by Gasteiger charge is -2.32. The van der Waals surface area contributed by atoms with Gasteiger partial charge in [0, 0.05) is 12.2 Å². The second-order valence-corrected chi connectivity index (χ2v) is 5.38. The van der Waals surface area contributed by atoms with Gasteiger partial charge >= 0.3 is 13.1 Å². The normalized spacial score (nSPS) is 24.2. The number of methoxy groups -OCH3 is 1. The molecule has 0 bridgehead atoms. The maximum atomic E-state index is 11.2. The van der Waals surface area contributed by atoms with E-state index >= 15 is 0 Å². The summed E-state index contributed by atoms with van der Waals surface area (Å²) in [5.41, 5.74) is -0.690. The zero-order valence-corrected chi connectivity index (χ0v) is 11.0. The molecule has 0 radical (unpaired) electrons. The van der Waals surface area contributed by atoms with Gasteiger partial charge in [-0.2, -0.15) is 0 Å². The zero-order chi connectivity index (χ0) is 12.6. The monoisotopic (exact) mass is 228 g/mol. The first kappa shape index (κ1) is 13.5. The molecule has 1 unspecified atom stereocenters. The number of carbonyl (C=O) groups excluding carboxylic acids is 1. The largest absolute Gasteiger partial charge is 0.469 e. The third-order valence-corrected chi connectivity index (χ3v) is 3.45. The average molecular weight is 228 g/mol. The zero-order valence-electron chi connectivity index (χ0n) is 11.0. The summed E-state index contributed by atoms with van der Waals surface area (Å²) in [5.74, 6) is -0.240. The van der Waals surface area contributed by atoms with Crippen molar-refractivity contribution < 1.29 is 18.8 Å². The molecule has 16 heavy (non-hydrogen) atoms. The van der Waals surface area contributed by atoms with Gasteiger partial charge < -0.3 is 14.0 Å². The molecule has 92 valence electrons. The van der Waals surface area contributed by atoms with Crippen molar-refractivity contribution in [2.75, 3.05) is 7.11 Å². The number of rotatable bonds is 3. The molecule has 4 nitrogen and oxygen atoms in total. The van der Waals surface area contributed by atoms with Crippen LogP contribution in [0, 0.1) is 0 Å². The van der Waals surface area contributed by atoms with Crippen LogP contribution < -0.4 is 0 Å². The summed E-state index contributed by atoms with van der Waals surface area (Å²) >= 11 is 0. The summed E-state index contributed by atoms with van der Waals surface area (Å²) in [6.45, 7) is 9.92. The topological polar surface area (TPSA) is 44.8 Å². The minimum absolute atomic E-state index is 0.00602. The standard InChI is InChI=1S/C11H21BO4/c1-8(7-9(13)14-6)12-15-10(2,3)11(4,5)16-12/h8H,7H2,1-6H3. The molecule has 0 N–H and O–H groups in total. The third kappa shape index (κ3) is 2.58. The molecule has 5 heteroatoms. The molecular weight excluding hydrogens is 207 g/mol. The predicted molar refractivity (Wildman–Crippen MR) is 62.1 cm³/mol. The summed E-state index contributed by atoms with van der Waals surface area (Å²) in [6.07, 6.45) is 0.313. The lowest BCUT2D eigenvalue weighted by molar-refractivity contribution is -0.140. The quantitative estimate of drug-likeness (QED) is 0.547. The van der Waals surface area contributed by atoms with Crippen molar-refractivity contribution in [1.29, 1.82) is 0 Å². The molecule has 0 saturated carbocycles. The molecule has 0 aromatic carbocycles. The van der Waals surface area contributed by atoms with Crippen molar-refractivity contribution in [2.24, 2.45) is 0 Å². The second kappa shape index (κ2) is 4.38. The Morgan fingerprint density at radius 2 is 1.69 bits per heavy atom. The molecule has 0 aliphatic carbocycles. The van der Waals surface area contributed by atoms with E-state index in [1.807, 2.05) is 34.6 Å². The van der Waals surface area contributed by atoms with Crippen LogP contribution in [0.5, 0.6) is 0 Å². The van der Waals surface area contributed by atoms with Crippen molar-refractivity contribution >= 4 is 13.1 Å². The molecule has 0 aromatic heterocycles. The van der Waals surface area contributed by atoms with Crippen LogP contribution in [0.25, 0.3) is 0 Å². The molecule has 1 aliphatic rings. The smallest absolute Gasteiger partial charge is 0.461 e. The van der Waals surface area contributed by atoms with Gasteiger partial charge in [0.25, 0.3) is 0 Å². The van der Waals surface area contributed by atoms with Crippen LogP contribution in [0.4, 0.5) is 0 Å². The Hall–Kier alpha value is -0.545. The third-order valence-electron chi connectivity index (χ3n) is 3.45. The highest BCUT2D eigenvalue weighted by Crippen LogP contribution is 2.40. The Kier molecular flexibility index (Phi) is 3.70. The molecule has 1 saturated heterocycles. The molecule has 0 aromatic rings. The van der Waals surface area contributed by atoms with Crippen LogP contribution in [0.15, 0.2) is 0 Å². The van der Waals surface area contributed by atoms with Crippen molar-refractivity contribution in [3.05, 3.63) is 0 Å². The molecule has 1 aliphatic heterocycles. The van der Waals surface area contributed by atoms with E-state index in [1.165, 1.54) is 7.11 Å². The number of carbonyl (C=O) groups is 1. The summed E-state index contributed by atoms with van der Waals surface area (Å²) in [4.78, 5) is 11.2. The minimum Gasteiger partial charge on any atom is -0.469 e. The maximum absolute atomic E-state index is 11.2. The van der Waals surface area contributed by atoms with Crippen molar-refractivity contribution in [1.82, 2.24) is 0 Å². The fourth-order valence-corrected chi connectivity index (χ4v) is 1.56. The summed E-state index contributed by atoms with van der Waals surface area (Å²) in [5, 5.41) is 0. The van der Waals surface area contributed by atoms with Gasteiger partial charge in [-0.3, -0.25) is 4.79 Å². The predicted octanol–water partition coefficient (Wildman–Crippen LogP) is 2.03. The van der Waals surface area contributed by atoms with Gasteiger partial charge in [0.15, 0.2) is 0 Å². The Morgan fingerprint density at radius 1 is 1.25 bits per heavy atom. The number of ether oxygens (including phenoxy) is 1. The van der Waals surface area contributed by atoms with Gasteiger partial charge in [-0.05, 0) is 27.7 Å². The lowest BCUT2D eigenvalue weighted by atomic mass is 9.71. The van der Waals surface area contributed by atoms with Crippen LogP contribution in [-0.4, -0.2) is 31.4 Å². The summed E-state index contributed by atoms with van der Waals surface area (Å²) < 4.78 is 16.3. The highest BCUT2D eigenvalue weighted by Gasteiger charge is 2.52. The first-order chi connectivity index (χ1) is 7.19. The first-order valence-electron chi connectivity index (χ1n) is 5.62. The minimum atomic E-state index is -0.345. The molecule has 0 spiro atoms. The second-order valence-electron chi connectivity index (χ2n) is 5.38. The van der Waals surface area contributed by atoms with E-state index in [1.54, 1.807) is 0 Å². The fraction of sp³-hybridized carbons (Fsp3) is 0.909. The average Bonchev–Trinajstić information content (AvgIpc) is 2.36. The van der Waals surface area contributed by atoms with Gasteiger partial charge in [0.2, 0.25) is 0 Å². The number of esters is 1. The fourth-order valence-electron chi connectivity index (χ4n) is 1.56. The molecule has 1 fully saturated rings. The van der Waals surface area contributed by atoms with E-state index in [9.17, 15) is 4.79 Å². The number of hydrogen-bond acceptors (Lipinski definition) is 4. The van der Waals surface area contributed by atoms with Crippen molar-refractivity contribution in [2.45, 2.75) is 58.1 Å². The van der Waals surface area contributed by atoms with E-state index < -0.39 is 0 Å². The Bertz CT molecular complexity index is 259. The van der Waals surface area contributed by atoms with Crippen molar-refractivity contribution in [3.63, 3.8) is 0 Å². The number of hydrogen-bond donors (Lipinski definition) is 0. The van der Waals surface area contributed by atoms with Crippen LogP contribution in [0.3, 0.4) is 0 Å². The van der Waals surface area contributed by atoms with Gasteiger partial charge in [-0.15, -0.1) is 0 Å². The lowest BCUT2D eigenvalue weighted by Crippen LogP contribution is -2.41. The molecule has 1 heterocycles. The van der Waals surface area contributed by atoms with Crippen LogP contribution in [0.1, 0.15) is 41.0 Å². The van der Waals surface area contributed by atoms with Gasteiger partial charge in [0.1, 0.15) is 0 Å². The highest BCUT2D eigenvalue weighted by atomic mass is 16.7. The molecule has 0 amide bonds. The maximum Gasteiger partial charge on any atom is 0.461 e. The van der Waals surface area contributed by atoms with E-state index in [4.69, 9.17) is 9.31 Å². The van der Waals surface area contributed by atoms with Gasteiger partial charge in [0.05, 0.1) is 18.3 Å². The molecular formula is C11H21BO4. The summed E-state index contributed by atoms with van der Waals surface area (Å²) in [7, 11) is 1.04. The SMILES string of the molecule is COC(=O)CC(C)B1OC(C)(C)C(C)(C)O1. The van der Waals surface area contributed by atoms with Gasteiger partial charge in [-0.25, -0.2) is 0 Å². The Labute approximate surface area is 97.8 Å². The Balaban J connectivity index is 2.62. The molecule has 1 atom stereocenters. The van der Waals surface area contributed by atoms with E-state index in [2.05, 4.69) is 4.74 Å². The van der Waals surface area contributed by atoms with Crippen LogP contribution in [-0.2, 0) is 18.8 Å². The first-order valence-corrected chi connectivity index (χ1v) is 5.62. The van der Waals surface area contributed by atoms with E-state index in [-0.39, 0.29) is 30.1 Å². The van der Waals surface area contributed by atoms with Gasteiger partial charge in [-0.1, -0.05) is 6.92 Å². The van der Waals surface area contributed by atoms with Crippen LogP contribution >= 0.6 is 0 Å². The summed E-state index contributed by atoms with van der Waals surface area (Å²) in [6, 6.07) is 0. The van der Waals surface area contributed by atoms with E-state index in [0.29, 0.717) is 6.42 Å². The highest BCUT2D eigenvalue weighted by molar-refractivity contribution is 6.47. The van der Waals surface area contributed by atoms with Crippen LogP contribution in [0.2, 0.25) is 5.82 Å². The van der Waals surface area contributed by atoms with Crippen molar-refractivity contribution in [3.8, 4) is 0 Å². The molecule has 1 rings (SSSR count). The van der Waals surface area contributed by atoms with E-state index in [0.717, 1.165) is 0 Å².